The highest BCUT2D eigenvalue weighted by Crippen LogP contribution is 2.27. The van der Waals surface area contributed by atoms with E-state index in [-0.39, 0.29) is 12.5 Å². The molecule has 19 heavy (non-hydrogen) atoms. The van der Waals surface area contributed by atoms with E-state index in [0.29, 0.717) is 5.82 Å². The van der Waals surface area contributed by atoms with Gasteiger partial charge < -0.3 is 9.26 Å². The molecule has 2 aromatic rings. The maximum atomic E-state index is 11.5. The average molecular weight is 325 g/mol. The Morgan fingerprint density at radius 2 is 2.00 bits per heavy atom. The SMILES string of the molecule is CCOC(=O)c1nc(-c2cc(C)c(Br)c(C)c2)no1. The third-order valence-corrected chi connectivity index (χ3v) is 3.82. The van der Waals surface area contributed by atoms with E-state index in [9.17, 15) is 4.79 Å². The van der Waals surface area contributed by atoms with Crippen molar-refractivity contribution in [2.45, 2.75) is 20.8 Å². The van der Waals surface area contributed by atoms with Gasteiger partial charge in [-0.3, -0.25) is 0 Å². The summed E-state index contributed by atoms with van der Waals surface area (Å²) in [5, 5.41) is 3.80. The van der Waals surface area contributed by atoms with E-state index in [1.807, 2.05) is 26.0 Å². The van der Waals surface area contributed by atoms with Crippen molar-refractivity contribution < 1.29 is 14.1 Å². The van der Waals surface area contributed by atoms with Crippen molar-refractivity contribution in [1.82, 2.24) is 10.1 Å². The van der Waals surface area contributed by atoms with Crippen LogP contribution in [-0.2, 0) is 4.74 Å². The molecule has 0 aliphatic rings. The van der Waals surface area contributed by atoms with E-state index in [1.165, 1.54) is 0 Å². The number of carbonyl (C=O) groups excluding carboxylic acids is 1. The first kappa shape index (κ1) is 13.7. The molecule has 0 saturated carbocycles. The normalized spacial score (nSPS) is 10.5. The van der Waals surface area contributed by atoms with Crippen LogP contribution in [0.1, 0.15) is 28.7 Å². The second-order valence-corrected chi connectivity index (χ2v) is 4.86. The highest BCUT2D eigenvalue weighted by molar-refractivity contribution is 9.10. The second kappa shape index (κ2) is 5.52. The summed E-state index contributed by atoms with van der Waals surface area (Å²) in [7, 11) is 0. The molecule has 1 aromatic carbocycles. The minimum Gasteiger partial charge on any atom is -0.459 e. The molecule has 0 fully saturated rings. The molecule has 2 rings (SSSR count). The third kappa shape index (κ3) is 2.84. The van der Waals surface area contributed by atoms with E-state index in [4.69, 9.17) is 9.26 Å². The zero-order valence-electron chi connectivity index (χ0n) is 10.9. The molecule has 5 nitrogen and oxygen atoms in total. The highest BCUT2D eigenvalue weighted by Gasteiger charge is 2.17. The monoisotopic (exact) mass is 324 g/mol. The fourth-order valence-electron chi connectivity index (χ4n) is 1.69. The predicted octanol–water partition coefficient (Wildman–Crippen LogP) is 3.29. The third-order valence-electron chi connectivity index (χ3n) is 2.57. The molecule has 0 spiro atoms. The Bertz CT molecular complexity index is 599. The van der Waals surface area contributed by atoms with Crippen LogP contribution in [0.25, 0.3) is 11.4 Å². The van der Waals surface area contributed by atoms with Gasteiger partial charge in [0.2, 0.25) is 5.82 Å². The molecule has 0 N–H and O–H groups in total. The molecule has 0 radical (unpaired) electrons. The molecule has 6 heteroatoms. The molecule has 1 heterocycles. The van der Waals surface area contributed by atoms with Crippen LogP contribution in [0.4, 0.5) is 0 Å². The van der Waals surface area contributed by atoms with Gasteiger partial charge in [-0.05, 0) is 44.0 Å². The zero-order chi connectivity index (χ0) is 14.0. The van der Waals surface area contributed by atoms with Crippen LogP contribution in [0.5, 0.6) is 0 Å². The predicted molar refractivity (Wildman–Crippen MR) is 72.9 cm³/mol. The number of esters is 1. The second-order valence-electron chi connectivity index (χ2n) is 4.07. The van der Waals surface area contributed by atoms with E-state index >= 15 is 0 Å². The van der Waals surface area contributed by atoms with Crippen molar-refractivity contribution >= 4 is 21.9 Å². The Morgan fingerprint density at radius 1 is 1.37 bits per heavy atom. The summed E-state index contributed by atoms with van der Waals surface area (Å²) in [6, 6.07) is 3.85. The molecular formula is C13H13BrN2O3. The molecule has 0 aliphatic heterocycles. The van der Waals surface area contributed by atoms with Gasteiger partial charge in [0.05, 0.1) is 6.61 Å². The molecule has 0 amide bonds. The van der Waals surface area contributed by atoms with Gasteiger partial charge in [-0.15, -0.1) is 0 Å². The average Bonchev–Trinajstić information content (AvgIpc) is 2.85. The molecule has 1 aromatic heterocycles. The zero-order valence-corrected chi connectivity index (χ0v) is 12.4. The van der Waals surface area contributed by atoms with Gasteiger partial charge >= 0.3 is 11.9 Å². The summed E-state index contributed by atoms with van der Waals surface area (Å²) < 4.78 is 10.7. The number of hydrogen-bond donors (Lipinski definition) is 0. The standard InChI is InChI=1S/C13H13BrN2O3/c1-4-18-13(17)12-15-11(16-19-12)9-5-7(2)10(14)8(3)6-9/h5-6H,4H2,1-3H3. The lowest BCUT2D eigenvalue weighted by Crippen LogP contribution is -2.04. The Balaban J connectivity index is 2.35. The number of carbonyl (C=O) groups is 1. The van der Waals surface area contributed by atoms with Crippen molar-refractivity contribution in [1.29, 1.82) is 0 Å². The quantitative estimate of drug-likeness (QED) is 0.810. The lowest BCUT2D eigenvalue weighted by atomic mass is 10.1. The summed E-state index contributed by atoms with van der Waals surface area (Å²) in [5.41, 5.74) is 2.94. The Labute approximate surface area is 119 Å². The van der Waals surface area contributed by atoms with Crippen LogP contribution in [0.3, 0.4) is 0 Å². The van der Waals surface area contributed by atoms with Gasteiger partial charge in [0.15, 0.2) is 0 Å². The van der Waals surface area contributed by atoms with Crippen LogP contribution < -0.4 is 0 Å². The first-order valence-corrected chi connectivity index (χ1v) is 6.60. The van der Waals surface area contributed by atoms with E-state index in [0.717, 1.165) is 21.2 Å². The minimum atomic E-state index is -0.605. The summed E-state index contributed by atoms with van der Waals surface area (Å²) in [6.07, 6.45) is 0. The van der Waals surface area contributed by atoms with Gasteiger partial charge in [-0.1, -0.05) is 21.1 Å². The van der Waals surface area contributed by atoms with E-state index in [2.05, 4.69) is 26.1 Å². The lowest BCUT2D eigenvalue weighted by molar-refractivity contribution is 0.0470. The fourth-order valence-corrected chi connectivity index (χ4v) is 1.92. The number of nitrogens with zero attached hydrogens (tertiary/aromatic N) is 2. The smallest absolute Gasteiger partial charge is 0.397 e. The van der Waals surface area contributed by atoms with E-state index in [1.54, 1.807) is 6.92 Å². The summed E-state index contributed by atoms with van der Waals surface area (Å²) >= 11 is 3.50. The van der Waals surface area contributed by atoms with Gasteiger partial charge in [0.25, 0.3) is 0 Å². The molecular weight excluding hydrogens is 312 g/mol. The van der Waals surface area contributed by atoms with Gasteiger partial charge in [0, 0.05) is 10.0 Å². The number of benzene rings is 1. The van der Waals surface area contributed by atoms with Crippen LogP contribution >= 0.6 is 15.9 Å². The molecule has 100 valence electrons. The molecule has 0 saturated heterocycles. The van der Waals surface area contributed by atoms with Gasteiger partial charge in [0.1, 0.15) is 0 Å². The maximum Gasteiger partial charge on any atom is 0.397 e. The molecule has 0 aliphatic carbocycles. The Morgan fingerprint density at radius 3 is 2.58 bits per heavy atom. The number of hydrogen-bond acceptors (Lipinski definition) is 5. The number of aryl methyl sites for hydroxylation is 2. The van der Waals surface area contributed by atoms with Crippen molar-refractivity contribution in [2.75, 3.05) is 6.61 Å². The fraction of sp³-hybridized carbons (Fsp3) is 0.308. The number of rotatable bonds is 3. The van der Waals surface area contributed by atoms with Crippen LogP contribution in [-0.4, -0.2) is 22.7 Å². The summed E-state index contributed by atoms with van der Waals surface area (Å²) in [5.74, 6) is -0.358. The van der Waals surface area contributed by atoms with Crippen molar-refractivity contribution in [3.05, 3.63) is 33.6 Å². The Hall–Kier alpha value is -1.69. The molecule has 0 bridgehead atoms. The molecule has 0 atom stereocenters. The molecule has 0 unspecified atom stereocenters. The first-order valence-electron chi connectivity index (χ1n) is 5.81. The van der Waals surface area contributed by atoms with Gasteiger partial charge in [-0.25, -0.2) is 4.79 Å². The lowest BCUT2D eigenvalue weighted by Gasteiger charge is -2.04. The Kier molecular flexibility index (Phi) is 3.99. The van der Waals surface area contributed by atoms with Crippen LogP contribution in [0, 0.1) is 13.8 Å². The van der Waals surface area contributed by atoms with Crippen LogP contribution in [0.15, 0.2) is 21.1 Å². The van der Waals surface area contributed by atoms with Crippen molar-refractivity contribution in [3.63, 3.8) is 0 Å². The first-order chi connectivity index (χ1) is 9.02. The number of ether oxygens (including phenoxy) is 1. The largest absolute Gasteiger partial charge is 0.459 e. The van der Waals surface area contributed by atoms with Crippen LogP contribution in [0.2, 0.25) is 0 Å². The van der Waals surface area contributed by atoms with Crippen molar-refractivity contribution in [3.8, 4) is 11.4 Å². The summed E-state index contributed by atoms with van der Waals surface area (Å²) in [4.78, 5) is 15.5. The van der Waals surface area contributed by atoms with Gasteiger partial charge in [-0.2, -0.15) is 4.98 Å². The summed E-state index contributed by atoms with van der Waals surface area (Å²) in [6.45, 7) is 5.95. The topological polar surface area (TPSA) is 65.2 Å². The number of halogens is 1. The minimum absolute atomic E-state index is 0.130. The maximum absolute atomic E-state index is 11.5. The van der Waals surface area contributed by atoms with Crippen molar-refractivity contribution in [2.24, 2.45) is 0 Å². The number of aromatic nitrogens is 2. The van der Waals surface area contributed by atoms with E-state index < -0.39 is 5.97 Å². The highest BCUT2D eigenvalue weighted by atomic mass is 79.9.